The lowest BCUT2D eigenvalue weighted by Crippen LogP contribution is -2.46. The van der Waals surface area contributed by atoms with E-state index in [2.05, 4.69) is 4.72 Å². The SMILES string of the molecule is CCC(C)(CCl)NS(=O)(=O)c1cccc2ccccc12. The van der Waals surface area contributed by atoms with E-state index in [-0.39, 0.29) is 5.88 Å². The average molecular weight is 312 g/mol. The van der Waals surface area contributed by atoms with Gasteiger partial charge >= 0.3 is 0 Å². The third-order valence-electron chi connectivity index (χ3n) is 3.50. The van der Waals surface area contributed by atoms with Gasteiger partial charge in [0.05, 0.1) is 4.90 Å². The van der Waals surface area contributed by atoms with E-state index < -0.39 is 15.6 Å². The monoisotopic (exact) mass is 311 g/mol. The number of nitrogens with one attached hydrogen (secondary N) is 1. The third-order valence-corrected chi connectivity index (χ3v) is 5.78. The molecule has 0 heterocycles. The Hall–Kier alpha value is -1.10. The van der Waals surface area contributed by atoms with Gasteiger partial charge in [0.2, 0.25) is 10.0 Å². The van der Waals surface area contributed by atoms with Gasteiger partial charge in [0.25, 0.3) is 0 Å². The Balaban J connectivity index is 2.53. The Kier molecular flexibility index (Phi) is 4.37. The van der Waals surface area contributed by atoms with Crippen molar-refractivity contribution >= 4 is 32.4 Å². The molecule has 2 rings (SSSR count). The summed E-state index contributed by atoms with van der Waals surface area (Å²) in [4.78, 5) is 0.292. The van der Waals surface area contributed by atoms with E-state index in [1.807, 2.05) is 44.2 Å². The number of alkyl halides is 1. The highest BCUT2D eigenvalue weighted by Crippen LogP contribution is 2.24. The predicted molar refractivity (Wildman–Crippen MR) is 83.7 cm³/mol. The van der Waals surface area contributed by atoms with Gasteiger partial charge in [-0.2, -0.15) is 0 Å². The highest BCUT2D eigenvalue weighted by Gasteiger charge is 2.29. The molecule has 0 aromatic heterocycles. The molecule has 3 nitrogen and oxygen atoms in total. The van der Waals surface area contributed by atoms with Crippen LogP contribution in [0.4, 0.5) is 0 Å². The van der Waals surface area contributed by atoms with Crippen LogP contribution in [0.15, 0.2) is 47.4 Å². The van der Waals surface area contributed by atoms with Crippen molar-refractivity contribution < 1.29 is 8.42 Å². The van der Waals surface area contributed by atoms with Gasteiger partial charge in [0.15, 0.2) is 0 Å². The summed E-state index contributed by atoms with van der Waals surface area (Å²) in [5, 5.41) is 1.62. The first-order valence-electron chi connectivity index (χ1n) is 6.49. The Labute approximate surface area is 125 Å². The molecule has 2 aromatic carbocycles. The molecule has 1 atom stereocenters. The normalized spacial score (nSPS) is 15.2. The first kappa shape index (κ1) is 15.3. The third kappa shape index (κ3) is 2.97. The van der Waals surface area contributed by atoms with Gasteiger partial charge in [-0.1, -0.05) is 43.3 Å². The van der Waals surface area contributed by atoms with E-state index in [1.54, 1.807) is 12.1 Å². The van der Waals surface area contributed by atoms with Crippen molar-refractivity contribution in [3.8, 4) is 0 Å². The lowest BCUT2D eigenvalue weighted by molar-refractivity contribution is 0.445. The number of sulfonamides is 1. The zero-order valence-electron chi connectivity index (χ0n) is 11.6. The largest absolute Gasteiger partial charge is 0.241 e. The Morgan fingerprint density at radius 3 is 2.45 bits per heavy atom. The van der Waals surface area contributed by atoms with Crippen LogP contribution in [-0.2, 0) is 10.0 Å². The van der Waals surface area contributed by atoms with Crippen LogP contribution in [0.2, 0.25) is 0 Å². The molecule has 0 saturated heterocycles. The molecule has 20 heavy (non-hydrogen) atoms. The maximum Gasteiger partial charge on any atom is 0.241 e. The van der Waals surface area contributed by atoms with E-state index in [4.69, 9.17) is 11.6 Å². The van der Waals surface area contributed by atoms with Crippen LogP contribution < -0.4 is 4.72 Å². The van der Waals surface area contributed by atoms with Crippen LogP contribution in [-0.4, -0.2) is 19.8 Å². The second kappa shape index (κ2) is 5.72. The minimum atomic E-state index is -3.60. The highest BCUT2D eigenvalue weighted by molar-refractivity contribution is 7.89. The molecule has 0 aliphatic carbocycles. The molecule has 0 bridgehead atoms. The van der Waals surface area contributed by atoms with Crippen LogP contribution in [0.25, 0.3) is 10.8 Å². The summed E-state index contributed by atoms with van der Waals surface area (Å²) in [6, 6.07) is 12.7. The molecule has 1 unspecified atom stereocenters. The standard InChI is InChI=1S/C15H18ClNO2S/c1-3-15(2,11-16)17-20(18,19)14-10-6-8-12-7-4-5-9-13(12)14/h4-10,17H,3,11H2,1-2H3. The molecule has 108 valence electrons. The molecule has 5 heteroatoms. The molecular weight excluding hydrogens is 294 g/mol. The smallest absolute Gasteiger partial charge is 0.207 e. The highest BCUT2D eigenvalue weighted by atomic mass is 35.5. The quantitative estimate of drug-likeness (QED) is 0.859. The van der Waals surface area contributed by atoms with E-state index in [9.17, 15) is 8.42 Å². The summed E-state index contributed by atoms with van der Waals surface area (Å²) in [6.45, 7) is 3.72. The number of hydrogen-bond acceptors (Lipinski definition) is 2. The lowest BCUT2D eigenvalue weighted by Gasteiger charge is -2.27. The fraction of sp³-hybridized carbons (Fsp3) is 0.333. The van der Waals surface area contributed by atoms with Gasteiger partial charge in [0.1, 0.15) is 0 Å². The summed E-state index contributed by atoms with van der Waals surface area (Å²) in [5.41, 5.74) is -0.642. The molecule has 2 aromatic rings. The minimum Gasteiger partial charge on any atom is -0.207 e. The van der Waals surface area contributed by atoms with Crippen molar-refractivity contribution in [1.82, 2.24) is 4.72 Å². The van der Waals surface area contributed by atoms with Crippen molar-refractivity contribution in [2.24, 2.45) is 0 Å². The lowest BCUT2D eigenvalue weighted by atomic mass is 10.0. The summed E-state index contributed by atoms with van der Waals surface area (Å²) >= 11 is 5.89. The van der Waals surface area contributed by atoms with Crippen molar-refractivity contribution in [3.05, 3.63) is 42.5 Å². The molecule has 0 spiro atoms. The van der Waals surface area contributed by atoms with Crippen LogP contribution in [0.5, 0.6) is 0 Å². The minimum absolute atomic E-state index is 0.230. The van der Waals surface area contributed by atoms with E-state index in [0.29, 0.717) is 11.3 Å². The summed E-state index contributed by atoms with van der Waals surface area (Å²) in [6.07, 6.45) is 0.625. The molecule has 0 aliphatic heterocycles. The topological polar surface area (TPSA) is 46.2 Å². The van der Waals surface area contributed by atoms with Crippen molar-refractivity contribution in [1.29, 1.82) is 0 Å². The first-order chi connectivity index (χ1) is 9.42. The molecule has 0 saturated carbocycles. The number of fused-ring (bicyclic) bond motifs is 1. The molecule has 0 fully saturated rings. The Bertz CT molecular complexity index is 703. The zero-order chi connectivity index (χ0) is 14.8. The molecular formula is C15H18ClNO2S. The van der Waals surface area contributed by atoms with Crippen molar-refractivity contribution in [2.45, 2.75) is 30.7 Å². The number of hydrogen-bond donors (Lipinski definition) is 1. The summed E-state index contributed by atoms with van der Waals surface area (Å²) in [7, 11) is -3.60. The van der Waals surface area contributed by atoms with E-state index in [1.165, 1.54) is 0 Å². The van der Waals surface area contributed by atoms with E-state index in [0.717, 1.165) is 10.8 Å². The molecule has 1 N–H and O–H groups in total. The van der Waals surface area contributed by atoms with Crippen LogP contribution in [0.1, 0.15) is 20.3 Å². The van der Waals surface area contributed by atoms with Gasteiger partial charge in [-0.15, -0.1) is 11.6 Å². The molecule has 0 amide bonds. The van der Waals surface area contributed by atoms with E-state index >= 15 is 0 Å². The summed E-state index contributed by atoms with van der Waals surface area (Å²) < 4.78 is 27.9. The van der Waals surface area contributed by atoms with Gasteiger partial charge in [0, 0.05) is 16.8 Å². The number of benzene rings is 2. The first-order valence-corrected chi connectivity index (χ1v) is 8.51. The Morgan fingerprint density at radius 2 is 1.80 bits per heavy atom. The van der Waals surface area contributed by atoms with Gasteiger partial charge in [-0.25, -0.2) is 13.1 Å². The maximum atomic E-state index is 12.6. The number of rotatable bonds is 5. The fourth-order valence-corrected chi connectivity index (χ4v) is 4.05. The van der Waals surface area contributed by atoms with Crippen LogP contribution in [0, 0.1) is 0 Å². The Morgan fingerprint density at radius 1 is 1.15 bits per heavy atom. The molecule has 0 radical (unpaired) electrons. The fourth-order valence-electron chi connectivity index (χ4n) is 2.00. The van der Waals surface area contributed by atoms with Gasteiger partial charge in [-0.3, -0.25) is 0 Å². The van der Waals surface area contributed by atoms with Gasteiger partial charge in [-0.05, 0) is 24.8 Å². The second-order valence-electron chi connectivity index (χ2n) is 5.13. The van der Waals surface area contributed by atoms with Crippen LogP contribution in [0.3, 0.4) is 0 Å². The zero-order valence-corrected chi connectivity index (χ0v) is 13.1. The van der Waals surface area contributed by atoms with Crippen molar-refractivity contribution in [2.75, 3.05) is 5.88 Å². The van der Waals surface area contributed by atoms with Crippen LogP contribution >= 0.6 is 11.6 Å². The predicted octanol–water partition coefficient (Wildman–Crippen LogP) is 3.53. The average Bonchev–Trinajstić information content (AvgIpc) is 2.46. The maximum absolute atomic E-state index is 12.6. The molecule has 0 aliphatic rings. The summed E-state index contributed by atoms with van der Waals surface area (Å²) in [5.74, 6) is 0.230. The van der Waals surface area contributed by atoms with Crippen molar-refractivity contribution in [3.63, 3.8) is 0 Å². The second-order valence-corrected chi connectivity index (χ2v) is 7.05. The number of halogens is 1. The van der Waals surface area contributed by atoms with Gasteiger partial charge < -0.3 is 0 Å².